The van der Waals surface area contributed by atoms with Crippen molar-refractivity contribution in [3.8, 4) is 11.1 Å². The summed E-state index contributed by atoms with van der Waals surface area (Å²) >= 11 is 1.89. The number of benzene rings is 5. The summed E-state index contributed by atoms with van der Waals surface area (Å²) in [5.74, 6) is 0.325. The molecule has 0 spiro atoms. The van der Waals surface area contributed by atoms with Gasteiger partial charge in [0, 0.05) is 42.9 Å². The van der Waals surface area contributed by atoms with Gasteiger partial charge < -0.3 is 4.90 Å². The molecule has 2 heterocycles. The summed E-state index contributed by atoms with van der Waals surface area (Å²) in [5, 5.41) is 2.68. The van der Waals surface area contributed by atoms with Crippen molar-refractivity contribution in [1.29, 1.82) is 0 Å². The summed E-state index contributed by atoms with van der Waals surface area (Å²) < 4.78 is 2.68. The maximum absolute atomic E-state index is 2.60. The average Bonchev–Trinajstić information content (AvgIpc) is 3.62. The van der Waals surface area contributed by atoms with Gasteiger partial charge in [0.15, 0.2) is 0 Å². The summed E-state index contributed by atoms with van der Waals surface area (Å²) in [6.07, 6.45) is 5.15. The predicted octanol–water partition coefficient (Wildman–Crippen LogP) is 10.6. The van der Waals surface area contributed by atoms with E-state index in [1.807, 2.05) is 11.3 Å². The second kappa shape index (κ2) is 8.31. The first-order valence-corrected chi connectivity index (χ1v) is 15.3. The first kappa shape index (κ1) is 23.3. The Morgan fingerprint density at radius 2 is 1.39 bits per heavy atom. The van der Waals surface area contributed by atoms with E-state index in [0.29, 0.717) is 5.92 Å². The lowest BCUT2D eigenvalue weighted by Gasteiger charge is -2.33. The third kappa shape index (κ3) is 3.23. The van der Waals surface area contributed by atoms with Gasteiger partial charge in [-0.05, 0) is 75.4 Å². The van der Waals surface area contributed by atoms with E-state index >= 15 is 0 Å². The predicted molar refractivity (Wildman–Crippen MR) is 175 cm³/mol. The van der Waals surface area contributed by atoms with Crippen LogP contribution >= 0.6 is 11.3 Å². The van der Waals surface area contributed by atoms with Crippen LogP contribution in [0.15, 0.2) is 133 Å². The quantitative estimate of drug-likeness (QED) is 0.210. The highest BCUT2D eigenvalue weighted by Gasteiger charge is 2.46. The molecule has 0 bridgehead atoms. The number of rotatable bonds is 2. The monoisotopic (exact) mass is 543 g/mol. The normalized spacial score (nSPS) is 19.9. The van der Waals surface area contributed by atoms with Crippen LogP contribution in [0.3, 0.4) is 0 Å². The molecule has 0 amide bonds. The summed E-state index contributed by atoms with van der Waals surface area (Å²) in [7, 11) is 0. The van der Waals surface area contributed by atoms with Gasteiger partial charge in [0.2, 0.25) is 0 Å². The van der Waals surface area contributed by atoms with Crippen molar-refractivity contribution in [2.45, 2.75) is 31.2 Å². The van der Waals surface area contributed by atoms with Gasteiger partial charge in [0.05, 0.1) is 6.04 Å². The van der Waals surface area contributed by atoms with E-state index in [9.17, 15) is 0 Å². The number of anilines is 2. The van der Waals surface area contributed by atoms with Crippen LogP contribution in [0.5, 0.6) is 0 Å². The topological polar surface area (TPSA) is 3.24 Å². The largest absolute Gasteiger partial charge is 0.333 e. The minimum atomic E-state index is -0.00477. The highest BCUT2D eigenvalue weighted by atomic mass is 32.1. The fourth-order valence-electron chi connectivity index (χ4n) is 7.61. The molecule has 9 rings (SSSR count). The Morgan fingerprint density at radius 3 is 2.27 bits per heavy atom. The van der Waals surface area contributed by atoms with Gasteiger partial charge in [-0.2, -0.15) is 0 Å². The summed E-state index contributed by atoms with van der Waals surface area (Å²) in [6.45, 7) is 4.78. The second-order valence-corrected chi connectivity index (χ2v) is 13.2. The third-order valence-electron chi connectivity index (χ3n) is 9.60. The SMILES string of the molecule is CC1(C)C2=CC3C(C=C2c2ccccc21)c1ccccc1N3c1ccc2sc3ccc(-c4ccccc4)cc3c2c1. The molecule has 2 unspecified atom stereocenters. The van der Waals surface area contributed by atoms with Gasteiger partial charge in [-0.15, -0.1) is 11.3 Å². The Balaban J connectivity index is 1.22. The fourth-order valence-corrected chi connectivity index (χ4v) is 8.68. The zero-order valence-electron chi connectivity index (χ0n) is 23.1. The van der Waals surface area contributed by atoms with Crippen LogP contribution in [0.4, 0.5) is 11.4 Å². The number of para-hydroxylation sites is 1. The lowest BCUT2D eigenvalue weighted by Crippen LogP contribution is -2.31. The van der Waals surface area contributed by atoms with Gasteiger partial charge >= 0.3 is 0 Å². The van der Waals surface area contributed by atoms with Gasteiger partial charge in [0.25, 0.3) is 0 Å². The summed E-state index contributed by atoms with van der Waals surface area (Å²) in [6, 6.07) is 43.0. The van der Waals surface area contributed by atoms with Crippen molar-refractivity contribution in [3.63, 3.8) is 0 Å². The minimum Gasteiger partial charge on any atom is -0.333 e. The molecular formula is C39H29NS. The molecule has 2 atom stereocenters. The zero-order valence-corrected chi connectivity index (χ0v) is 24.0. The molecule has 0 N–H and O–H groups in total. The molecule has 6 aromatic rings. The standard InChI is InChI=1S/C39H29NS/c1-39(2)33-14-8-6-12-27(33)29-22-30-28-13-7-9-15-35(28)40(36(30)23-34(29)39)26-17-19-38-32(21-26)31-20-25(16-18-37(31)41-38)24-10-4-3-5-11-24/h3-23,30,36H,1-2H3. The zero-order chi connectivity index (χ0) is 27.3. The Bertz CT molecular complexity index is 2090. The van der Waals surface area contributed by atoms with E-state index < -0.39 is 0 Å². The number of fused-ring (bicyclic) bond motifs is 9. The molecule has 41 heavy (non-hydrogen) atoms. The van der Waals surface area contributed by atoms with Gasteiger partial charge in [-0.3, -0.25) is 0 Å². The van der Waals surface area contributed by atoms with Crippen LogP contribution in [0.1, 0.15) is 36.5 Å². The molecule has 0 fully saturated rings. The maximum atomic E-state index is 2.60. The Labute approximate surface area is 244 Å². The van der Waals surface area contributed by atoms with E-state index in [-0.39, 0.29) is 11.5 Å². The first-order valence-electron chi connectivity index (χ1n) is 14.5. The molecule has 1 aromatic heterocycles. The molecule has 2 heteroatoms. The number of allylic oxidation sites excluding steroid dienone is 2. The van der Waals surface area contributed by atoms with E-state index in [1.54, 1.807) is 0 Å². The lowest BCUT2D eigenvalue weighted by molar-refractivity contribution is 0.639. The van der Waals surface area contributed by atoms with Crippen LogP contribution < -0.4 is 4.90 Å². The van der Waals surface area contributed by atoms with Crippen molar-refractivity contribution < 1.29 is 0 Å². The maximum Gasteiger partial charge on any atom is 0.0632 e. The van der Waals surface area contributed by atoms with Crippen LogP contribution in [0.25, 0.3) is 36.9 Å². The number of nitrogens with zero attached hydrogens (tertiary/aromatic N) is 1. The molecular weight excluding hydrogens is 515 g/mol. The highest BCUT2D eigenvalue weighted by Crippen LogP contribution is 2.57. The van der Waals surface area contributed by atoms with E-state index in [4.69, 9.17) is 0 Å². The fraction of sp³-hybridized carbons (Fsp3) is 0.128. The summed E-state index contributed by atoms with van der Waals surface area (Å²) in [5.41, 5.74) is 12.3. The van der Waals surface area contributed by atoms with Crippen LogP contribution in [0.2, 0.25) is 0 Å². The third-order valence-corrected chi connectivity index (χ3v) is 10.7. The first-order chi connectivity index (χ1) is 20.1. The van der Waals surface area contributed by atoms with E-state index in [0.717, 1.165) is 0 Å². The van der Waals surface area contributed by atoms with Crippen molar-refractivity contribution in [2.24, 2.45) is 0 Å². The van der Waals surface area contributed by atoms with Crippen LogP contribution in [-0.2, 0) is 5.41 Å². The average molecular weight is 544 g/mol. The number of thiophene rings is 1. The van der Waals surface area contributed by atoms with Crippen molar-refractivity contribution in [3.05, 3.63) is 150 Å². The van der Waals surface area contributed by atoms with Crippen LogP contribution in [-0.4, -0.2) is 6.04 Å². The Hall–Kier alpha value is -4.40. The van der Waals surface area contributed by atoms with Crippen LogP contribution in [0, 0.1) is 0 Å². The van der Waals surface area contributed by atoms with E-state index in [1.165, 1.54) is 70.5 Å². The number of hydrogen-bond donors (Lipinski definition) is 0. The molecule has 1 aliphatic heterocycles. The Morgan fingerprint density at radius 1 is 0.659 bits per heavy atom. The molecule has 0 radical (unpaired) electrons. The minimum absolute atomic E-state index is 0.00477. The van der Waals surface area contributed by atoms with Crippen molar-refractivity contribution in [2.75, 3.05) is 4.90 Å². The summed E-state index contributed by atoms with van der Waals surface area (Å²) in [4.78, 5) is 2.60. The molecule has 0 saturated carbocycles. The molecule has 5 aromatic carbocycles. The molecule has 1 nitrogen and oxygen atoms in total. The molecule has 0 saturated heterocycles. The van der Waals surface area contributed by atoms with Gasteiger partial charge in [-0.25, -0.2) is 0 Å². The number of hydrogen-bond acceptors (Lipinski definition) is 2. The smallest absolute Gasteiger partial charge is 0.0632 e. The molecule has 3 aliphatic rings. The van der Waals surface area contributed by atoms with E-state index in [2.05, 4.69) is 146 Å². The highest BCUT2D eigenvalue weighted by molar-refractivity contribution is 7.25. The molecule has 2 aliphatic carbocycles. The second-order valence-electron chi connectivity index (χ2n) is 12.1. The van der Waals surface area contributed by atoms with Gasteiger partial charge in [-0.1, -0.05) is 105 Å². The molecule has 196 valence electrons. The van der Waals surface area contributed by atoms with Crippen molar-refractivity contribution in [1.82, 2.24) is 0 Å². The van der Waals surface area contributed by atoms with Gasteiger partial charge in [0.1, 0.15) is 0 Å². The lowest BCUT2D eigenvalue weighted by atomic mass is 9.77. The van der Waals surface area contributed by atoms with Crippen molar-refractivity contribution >= 4 is 48.5 Å². The Kier molecular flexibility index (Phi) is 4.73.